The number of carbonyl (C=O) groups excluding carboxylic acids is 2. The zero-order valence-electron chi connectivity index (χ0n) is 18.6. The summed E-state index contributed by atoms with van der Waals surface area (Å²) in [6.07, 6.45) is 12.6. The molecule has 2 aliphatic heterocycles. The van der Waals surface area contributed by atoms with Crippen molar-refractivity contribution < 1.29 is 18.4 Å². The van der Waals surface area contributed by atoms with Gasteiger partial charge in [-0.1, -0.05) is 58.3 Å². The topological polar surface area (TPSA) is 61.4 Å². The molecule has 1 saturated heterocycles. The van der Waals surface area contributed by atoms with Crippen LogP contribution in [0.5, 0.6) is 0 Å². The highest BCUT2D eigenvalue weighted by Gasteiger charge is 2.41. The van der Waals surface area contributed by atoms with Crippen molar-refractivity contribution in [1.82, 2.24) is 10.2 Å². The number of fused-ring (bicyclic) bond motifs is 1. The predicted molar refractivity (Wildman–Crippen MR) is 118 cm³/mol. The molecule has 31 heavy (non-hydrogen) atoms. The van der Waals surface area contributed by atoms with E-state index in [0.29, 0.717) is 38.0 Å². The van der Waals surface area contributed by atoms with Gasteiger partial charge in [0.15, 0.2) is 11.6 Å². The monoisotopic (exact) mass is 435 g/mol. The maximum Gasteiger partial charge on any atom is 0.255 e. The Kier molecular flexibility index (Phi) is 8.27. The Labute approximate surface area is 184 Å². The molecule has 2 amide bonds. The number of nitrogens with one attached hydrogen (secondary N) is 2. The van der Waals surface area contributed by atoms with E-state index in [0.717, 1.165) is 25.0 Å². The molecule has 172 valence electrons. The molecular weight excluding hydrogens is 400 g/mol. The van der Waals surface area contributed by atoms with Crippen LogP contribution >= 0.6 is 0 Å². The molecule has 3 rings (SSSR count). The van der Waals surface area contributed by atoms with Crippen LogP contribution in [-0.4, -0.2) is 35.5 Å². The van der Waals surface area contributed by atoms with E-state index in [9.17, 15) is 18.4 Å². The number of halogens is 2. The number of nitrogens with zero attached hydrogens (tertiary/aromatic N) is 1. The van der Waals surface area contributed by atoms with E-state index in [4.69, 9.17) is 0 Å². The summed E-state index contributed by atoms with van der Waals surface area (Å²) in [6.45, 7) is 3.29. The average molecular weight is 436 g/mol. The van der Waals surface area contributed by atoms with Crippen molar-refractivity contribution in [1.29, 1.82) is 0 Å². The zero-order valence-corrected chi connectivity index (χ0v) is 18.6. The first kappa shape index (κ1) is 23.5. The number of hydrogen-bond donors (Lipinski definition) is 2. The van der Waals surface area contributed by atoms with Gasteiger partial charge in [-0.05, 0) is 12.5 Å². The minimum absolute atomic E-state index is 0.105. The van der Waals surface area contributed by atoms with Crippen LogP contribution in [0, 0.1) is 11.6 Å². The van der Waals surface area contributed by atoms with Crippen LogP contribution in [0.2, 0.25) is 0 Å². The number of likely N-dealkylation sites (tertiary alicyclic amines) is 1. The molecule has 1 spiro atoms. The first-order valence-corrected chi connectivity index (χ1v) is 11.8. The minimum atomic E-state index is -1.04. The summed E-state index contributed by atoms with van der Waals surface area (Å²) >= 11 is 0. The van der Waals surface area contributed by atoms with Gasteiger partial charge < -0.3 is 15.5 Å². The Morgan fingerprint density at radius 1 is 0.935 bits per heavy atom. The van der Waals surface area contributed by atoms with Crippen LogP contribution in [0.25, 0.3) is 0 Å². The van der Waals surface area contributed by atoms with Gasteiger partial charge >= 0.3 is 0 Å². The highest BCUT2D eigenvalue weighted by molar-refractivity contribution is 6.02. The highest BCUT2D eigenvalue weighted by Crippen LogP contribution is 2.32. The normalized spacial score (nSPS) is 17.3. The number of unbranched alkanes of at least 4 members (excludes halogenated alkanes) is 8. The molecule has 1 aromatic rings. The Balaban J connectivity index is 1.39. The Morgan fingerprint density at radius 2 is 1.52 bits per heavy atom. The first-order chi connectivity index (χ1) is 14.9. The molecule has 0 saturated carbocycles. The summed E-state index contributed by atoms with van der Waals surface area (Å²) in [5, 5.41) is 6.08. The van der Waals surface area contributed by atoms with E-state index in [2.05, 4.69) is 17.6 Å². The van der Waals surface area contributed by atoms with Crippen LogP contribution in [0.3, 0.4) is 0 Å². The van der Waals surface area contributed by atoms with Gasteiger partial charge in [-0.3, -0.25) is 9.59 Å². The number of piperidine rings is 1. The quantitative estimate of drug-likeness (QED) is 0.487. The van der Waals surface area contributed by atoms with Gasteiger partial charge in [-0.2, -0.15) is 0 Å². The first-order valence-electron chi connectivity index (χ1n) is 11.8. The van der Waals surface area contributed by atoms with Gasteiger partial charge in [0.05, 0.1) is 11.3 Å². The third kappa shape index (κ3) is 6.17. The lowest BCUT2D eigenvalue weighted by molar-refractivity contribution is -0.132. The van der Waals surface area contributed by atoms with Crippen molar-refractivity contribution in [3.63, 3.8) is 0 Å². The second kappa shape index (κ2) is 10.9. The van der Waals surface area contributed by atoms with E-state index in [1.165, 1.54) is 44.9 Å². The number of hydrogen-bond acceptors (Lipinski definition) is 3. The summed E-state index contributed by atoms with van der Waals surface area (Å²) < 4.78 is 27.1. The number of benzene rings is 1. The van der Waals surface area contributed by atoms with Crippen LogP contribution < -0.4 is 10.6 Å². The van der Waals surface area contributed by atoms with E-state index in [-0.39, 0.29) is 11.5 Å². The molecule has 5 nitrogen and oxygen atoms in total. The Morgan fingerprint density at radius 3 is 2.16 bits per heavy atom. The second-order valence-electron chi connectivity index (χ2n) is 8.93. The Bertz CT molecular complexity index is 776. The van der Waals surface area contributed by atoms with E-state index in [1.54, 1.807) is 0 Å². The molecule has 2 N–H and O–H groups in total. The fraction of sp³-hybridized carbons (Fsp3) is 0.667. The fourth-order valence-electron chi connectivity index (χ4n) is 4.54. The van der Waals surface area contributed by atoms with Crippen LogP contribution in [-0.2, 0) is 4.79 Å². The number of amides is 2. The molecule has 0 aliphatic carbocycles. The molecule has 7 heteroatoms. The number of anilines is 1. The molecular formula is C24H35F2N3O2. The lowest BCUT2D eigenvalue weighted by Crippen LogP contribution is -2.62. The predicted octanol–water partition coefficient (Wildman–Crippen LogP) is 5.36. The summed E-state index contributed by atoms with van der Waals surface area (Å²) in [6, 6.07) is 1.95. The van der Waals surface area contributed by atoms with Crippen LogP contribution in [0.1, 0.15) is 94.3 Å². The molecule has 0 unspecified atom stereocenters. The van der Waals surface area contributed by atoms with Crippen molar-refractivity contribution in [2.45, 2.75) is 89.6 Å². The number of carbonyl (C=O) groups is 2. The lowest BCUT2D eigenvalue weighted by atomic mass is 9.92. The standard InChI is InChI=1S/C24H35F2N3O2/c1-2-3-4-5-6-7-8-9-10-11-22(30)29-14-12-24(13-15-29)27-21-17-20(26)19(25)16-18(21)23(31)28-24/h16-17,27H,2-15H2,1H3,(H,28,31). The zero-order chi connectivity index (χ0) is 22.3. The van der Waals surface area contributed by atoms with Crippen molar-refractivity contribution >= 4 is 17.5 Å². The molecule has 0 aromatic heterocycles. The maximum absolute atomic E-state index is 13.6. The molecule has 2 aliphatic rings. The fourth-order valence-corrected chi connectivity index (χ4v) is 4.54. The summed E-state index contributed by atoms with van der Waals surface area (Å²) in [7, 11) is 0. The van der Waals surface area contributed by atoms with Gasteiger partial charge in [-0.25, -0.2) is 8.78 Å². The van der Waals surface area contributed by atoms with E-state index in [1.807, 2.05) is 4.90 Å². The smallest absolute Gasteiger partial charge is 0.255 e. The summed E-state index contributed by atoms with van der Waals surface area (Å²) in [4.78, 5) is 26.8. The van der Waals surface area contributed by atoms with Crippen molar-refractivity contribution in [3.8, 4) is 0 Å². The molecule has 1 aromatic carbocycles. The molecule has 1 fully saturated rings. The molecule has 2 heterocycles. The SMILES string of the molecule is CCCCCCCCCCCC(=O)N1CCC2(CC1)NC(=O)c1cc(F)c(F)cc1N2. The van der Waals surface area contributed by atoms with Crippen LogP contribution in [0.4, 0.5) is 14.5 Å². The van der Waals surface area contributed by atoms with Crippen molar-refractivity contribution in [2.24, 2.45) is 0 Å². The Hall–Kier alpha value is -2.18. The molecule has 0 atom stereocenters. The minimum Gasteiger partial charge on any atom is -0.362 e. The number of rotatable bonds is 10. The maximum atomic E-state index is 13.6. The molecule has 0 radical (unpaired) electrons. The highest BCUT2D eigenvalue weighted by atomic mass is 19.2. The summed E-state index contributed by atoms with van der Waals surface area (Å²) in [5.41, 5.74) is -0.311. The summed E-state index contributed by atoms with van der Waals surface area (Å²) in [5.74, 6) is -2.27. The van der Waals surface area contributed by atoms with E-state index < -0.39 is 23.2 Å². The second-order valence-corrected chi connectivity index (χ2v) is 8.93. The van der Waals surface area contributed by atoms with Gasteiger partial charge in [0, 0.05) is 38.4 Å². The van der Waals surface area contributed by atoms with E-state index >= 15 is 0 Å². The third-order valence-corrected chi connectivity index (χ3v) is 6.50. The third-order valence-electron chi connectivity index (χ3n) is 6.50. The largest absolute Gasteiger partial charge is 0.362 e. The van der Waals surface area contributed by atoms with Gasteiger partial charge in [0.2, 0.25) is 5.91 Å². The van der Waals surface area contributed by atoms with Crippen molar-refractivity contribution in [3.05, 3.63) is 29.3 Å². The van der Waals surface area contributed by atoms with Gasteiger partial charge in [0.25, 0.3) is 5.91 Å². The average Bonchev–Trinajstić information content (AvgIpc) is 2.74. The van der Waals surface area contributed by atoms with Gasteiger partial charge in [0.1, 0.15) is 5.66 Å². The van der Waals surface area contributed by atoms with Crippen LogP contribution in [0.15, 0.2) is 12.1 Å². The molecule has 0 bridgehead atoms. The van der Waals surface area contributed by atoms with Gasteiger partial charge in [-0.15, -0.1) is 0 Å². The lowest BCUT2D eigenvalue weighted by Gasteiger charge is -2.46. The van der Waals surface area contributed by atoms with Crippen molar-refractivity contribution in [2.75, 3.05) is 18.4 Å².